The molecule has 0 aromatic carbocycles. The van der Waals surface area contributed by atoms with Gasteiger partial charge in [0.15, 0.2) is 0 Å². The first-order valence-electron chi connectivity index (χ1n) is 7.73. The first kappa shape index (κ1) is 13.8. The summed E-state index contributed by atoms with van der Waals surface area (Å²) in [6.45, 7) is 10.5. The van der Waals surface area contributed by atoms with Crippen LogP contribution in [0.1, 0.15) is 40.0 Å². The normalized spacial score (nSPS) is 45.2. The fourth-order valence-electron chi connectivity index (χ4n) is 4.00. The smallest absolute Gasteiger partial charge is 0.0707 e. The monoisotopic (exact) mass is 268 g/mol. The lowest BCUT2D eigenvalue weighted by Crippen LogP contribution is -2.74. The lowest BCUT2D eigenvalue weighted by atomic mass is 9.54. The predicted molar refractivity (Wildman–Crippen MR) is 75.1 cm³/mol. The van der Waals surface area contributed by atoms with Crippen molar-refractivity contribution in [3.05, 3.63) is 0 Å². The van der Waals surface area contributed by atoms with Crippen LogP contribution in [0.25, 0.3) is 0 Å². The zero-order valence-electron chi connectivity index (χ0n) is 12.5. The lowest BCUT2D eigenvalue weighted by Gasteiger charge is -2.60. The molecule has 4 nitrogen and oxygen atoms in total. The van der Waals surface area contributed by atoms with Gasteiger partial charge in [0, 0.05) is 37.2 Å². The SMILES string of the molecule is CCOC1CC(N)(CN2CC3CCC(C2)O3)C1(C)C. The third-order valence-electron chi connectivity index (χ3n) is 5.63. The Hall–Kier alpha value is -0.160. The van der Waals surface area contributed by atoms with Crippen LogP contribution in [0.5, 0.6) is 0 Å². The Bertz CT molecular complexity index is 335. The molecule has 0 radical (unpaired) electrons. The zero-order valence-corrected chi connectivity index (χ0v) is 12.5. The van der Waals surface area contributed by atoms with Crippen LogP contribution < -0.4 is 5.73 Å². The molecule has 0 aromatic heterocycles. The molecule has 0 aromatic rings. The molecule has 2 N–H and O–H groups in total. The van der Waals surface area contributed by atoms with Crippen molar-refractivity contribution in [3.8, 4) is 0 Å². The van der Waals surface area contributed by atoms with Crippen LogP contribution in [0.4, 0.5) is 0 Å². The van der Waals surface area contributed by atoms with E-state index >= 15 is 0 Å². The Labute approximate surface area is 116 Å². The first-order valence-corrected chi connectivity index (χ1v) is 7.73. The minimum atomic E-state index is -0.108. The summed E-state index contributed by atoms with van der Waals surface area (Å²) >= 11 is 0. The standard InChI is InChI=1S/C15H28N2O2/c1-4-18-13-7-15(16,14(13,2)3)10-17-8-11-5-6-12(9-17)19-11/h11-13H,4-10,16H2,1-3H3. The Morgan fingerprint density at radius 2 is 1.89 bits per heavy atom. The third kappa shape index (κ3) is 2.23. The Kier molecular flexibility index (Phi) is 3.41. The van der Waals surface area contributed by atoms with Gasteiger partial charge in [-0.3, -0.25) is 4.90 Å². The largest absolute Gasteiger partial charge is 0.378 e. The molecule has 4 heteroatoms. The minimum absolute atomic E-state index is 0.0698. The van der Waals surface area contributed by atoms with Crippen molar-refractivity contribution >= 4 is 0 Å². The summed E-state index contributed by atoms with van der Waals surface area (Å²) < 4.78 is 11.7. The molecule has 2 bridgehead atoms. The number of ether oxygens (including phenoxy) is 2. The number of nitrogens with two attached hydrogens (primary N) is 1. The fourth-order valence-corrected chi connectivity index (χ4v) is 4.00. The van der Waals surface area contributed by atoms with E-state index in [4.69, 9.17) is 15.2 Å². The second-order valence-electron chi connectivity index (χ2n) is 7.18. The molecule has 3 rings (SSSR count). The molecule has 3 fully saturated rings. The second kappa shape index (κ2) is 4.69. The maximum Gasteiger partial charge on any atom is 0.0707 e. The van der Waals surface area contributed by atoms with E-state index in [1.807, 2.05) is 0 Å². The molecule has 0 amide bonds. The van der Waals surface area contributed by atoms with Crippen LogP contribution in [-0.2, 0) is 9.47 Å². The molecule has 2 saturated heterocycles. The Morgan fingerprint density at radius 1 is 1.26 bits per heavy atom. The van der Waals surface area contributed by atoms with Crippen molar-refractivity contribution < 1.29 is 9.47 Å². The first-order chi connectivity index (χ1) is 8.94. The van der Waals surface area contributed by atoms with Gasteiger partial charge in [0.25, 0.3) is 0 Å². The van der Waals surface area contributed by atoms with Gasteiger partial charge in [0.05, 0.1) is 18.3 Å². The van der Waals surface area contributed by atoms with Crippen LogP contribution in [-0.4, -0.2) is 55.0 Å². The van der Waals surface area contributed by atoms with Crippen molar-refractivity contribution in [3.63, 3.8) is 0 Å². The molecule has 2 aliphatic heterocycles. The molecule has 110 valence electrons. The predicted octanol–water partition coefficient (Wildman–Crippen LogP) is 1.38. The molecule has 0 spiro atoms. The maximum atomic E-state index is 6.68. The molecular weight excluding hydrogens is 240 g/mol. The third-order valence-corrected chi connectivity index (χ3v) is 5.63. The van der Waals surface area contributed by atoms with Crippen molar-refractivity contribution in [2.45, 2.75) is 63.9 Å². The average molecular weight is 268 g/mol. The van der Waals surface area contributed by atoms with Gasteiger partial charge >= 0.3 is 0 Å². The highest BCUT2D eigenvalue weighted by Gasteiger charge is 2.59. The average Bonchev–Trinajstić information content (AvgIpc) is 2.68. The summed E-state index contributed by atoms with van der Waals surface area (Å²) in [7, 11) is 0. The van der Waals surface area contributed by atoms with Gasteiger partial charge in [-0.2, -0.15) is 0 Å². The van der Waals surface area contributed by atoms with Crippen molar-refractivity contribution in [1.82, 2.24) is 4.90 Å². The second-order valence-corrected chi connectivity index (χ2v) is 7.18. The van der Waals surface area contributed by atoms with E-state index in [2.05, 4.69) is 25.7 Å². The number of morpholine rings is 1. The number of hydrogen-bond donors (Lipinski definition) is 1. The highest BCUT2D eigenvalue weighted by molar-refractivity contribution is 5.15. The lowest BCUT2D eigenvalue weighted by molar-refractivity contribution is -0.163. The number of nitrogens with zero attached hydrogens (tertiary/aromatic N) is 1. The number of likely N-dealkylation sites (tertiary alicyclic amines) is 1. The molecule has 19 heavy (non-hydrogen) atoms. The molecular formula is C15H28N2O2. The van der Waals surface area contributed by atoms with Crippen LogP contribution in [0.3, 0.4) is 0 Å². The van der Waals surface area contributed by atoms with Gasteiger partial charge < -0.3 is 15.2 Å². The van der Waals surface area contributed by atoms with E-state index in [1.54, 1.807) is 0 Å². The van der Waals surface area contributed by atoms with E-state index in [0.717, 1.165) is 32.7 Å². The van der Waals surface area contributed by atoms with Crippen molar-refractivity contribution in [2.24, 2.45) is 11.1 Å². The molecule has 4 atom stereocenters. The van der Waals surface area contributed by atoms with Gasteiger partial charge in [-0.05, 0) is 26.2 Å². The van der Waals surface area contributed by atoms with E-state index in [9.17, 15) is 0 Å². The Morgan fingerprint density at radius 3 is 2.42 bits per heavy atom. The van der Waals surface area contributed by atoms with Crippen molar-refractivity contribution in [1.29, 1.82) is 0 Å². The zero-order chi connectivity index (χ0) is 13.7. The van der Waals surface area contributed by atoms with Gasteiger partial charge in [-0.25, -0.2) is 0 Å². The van der Waals surface area contributed by atoms with Gasteiger partial charge in [0.2, 0.25) is 0 Å². The van der Waals surface area contributed by atoms with E-state index in [-0.39, 0.29) is 11.0 Å². The van der Waals surface area contributed by atoms with Crippen molar-refractivity contribution in [2.75, 3.05) is 26.2 Å². The highest BCUT2D eigenvalue weighted by atomic mass is 16.5. The molecule has 1 saturated carbocycles. The molecule has 3 aliphatic rings. The van der Waals surface area contributed by atoms with E-state index < -0.39 is 0 Å². The summed E-state index contributed by atoms with van der Waals surface area (Å²) in [5.74, 6) is 0. The summed E-state index contributed by atoms with van der Waals surface area (Å²) in [6, 6.07) is 0. The van der Waals surface area contributed by atoms with E-state index in [0.29, 0.717) is 18.3 Å². The topological polar surface area (TPSA) is 47.7 Å². The van der Waals surface area contributed by atoms with Gasteiger partial charge in [-0.1, -0.05) is 13.8 Å². The quantitative estimate of drug-likeness (QED) is 0.837. The fraction of sp³-hybridized carbons (Fsp3) is 1.00. The summed E-state index contributed by atoms with van der Waals surface area (Å²) in [5, 5.41) is 0. The molecule has 1 aliphatic carbocycles. The van der Waals surface area contributed by atoms with Crippen LogP contribution in [0.2, 0.25) is 0 Å². The Balaban J connectivity index is 1.61. The summed E-state index contributed by atoms with van der Waals surface area (Å²) in [6.07, 6.45) is 4.66. The van der Waals surface area contributed by atoms with Crippen LogP contribution in [0.15, 0.2) is 0 Å². The number of hydrogen-bond acceptors (Lipinski definition) is 4. The number of rotatable bonds is 4. The number of fused-ring (bicyclic) bond motifs is 2. The highest BCUT2D eigenvalue weighted by Crippen LogP contribution is 2.50. The van der Waals surface area contributed by atoms with Crippen LogP contribution >= 0.6 is 0 Å². The molecule has 4 unspecified atom stereocenters. The van der Waals surface area contributed by atoms with Crippen LogP contribution in [0, 0.1) is 5.41 Å². The minimum Gasteiger partial charge on any atom is -0.378 e. The molecule has 2 heterocycles. The van der Waals surface area contributed by atoms with Gasteiger partial charge in [0.1, 0.15) is 0 Å². The van der Waals surface area contributed by atoms with Gasteiger partial charge in [-0.15, -0.1) is 0 Å². The van der Waals surface area contributed by atoms with E-state index in [1.165, 1.54) is 12.8 Å². The maximum absolute atomic E-state index is 6.68. The summed E-state index contributed by atoms with van der Waals surface area (Å²) in [4.78, 5) is 2.52. The summed E-state index contributed by atoms with van der Waals surface area (Å²) in [5.41, 5.74) is 6.64.